The molecule has 1 aliphatic heterocycles. The first-order valence-electron chi connectivity index (χ1n) is 5.48. The molecule has 86 valence electrons. The van der Waals surface area contributed by atoms with Crippen molar-refractivity contribution in [2.24, 2.45) is 0 Å². The molecule has 16 heavy (non-hydrogen) atoms. The van der Waals surface area contributed by atoms with Gasteiger partial charge in [-0.15, -0.1) is 0 Å². The topological polar surface area (TPSA) is 58.6 Å². The van der Waals surface area contributed by atoms with E-state index in [4.69, 9.17) is 9.84 Å². The summed E-state index contributed by atoms with van der Waals surface area (Å²) in [6, 6.07) is 6.07. The summed E-state index contributed by atoms with van der Waals surface area (Å²) in [7, 11) is 0. The molecule has 0 aromatic heterocycles. The van der Waals surface area contributed by atoms with E-state index in [0.717, 1.165) is 31.6 Å². The molecule has 4 nitrogen and oxygen atoms in total. The molecular formula is C12H15NO3. The summed E-state index contributed by atoms with van der Waals surface area (Å²) in [6.45, 7) is 1.26. The number of benzene rings is 1. The SMILES string of the molecule is O=C(O)NCCCc1cccc2c1CCO2. The van der Waals surface area contributed by atoms with Gasteiger partial charge in [-0.1, -0.05) is 12.1 Å². The smallest absolute Gasteiger partial charge is 0.404 e. The number of nitrogens with one attached hydrogen (secondary N) is 1. The minimum atomic E-state index is -0.957. The van der Waals surface area contributed by atoms with E-state index < -0.39 is 6.09 Å². The summed E-state index contributed by atoms with van der Waals surface area (Å²) < 4.78 is 5.47. The van der Waals surface area contributed by atoms with Crippen LogP contribution in [0.15, 0.2) is 18.2 Å². The number of carboxylic acid groups (broad SMARTS) is 1. The zero-order chi connectivity index (χ0) is 11.4. The van der Waals surface area contributed by atoms with E-state index in [2.05, 4.69) is 11.4 Å². The molecule has 0 unspecified atom stereocenters. The first-order valence-corrected chi connectivity index (χ1v) is 5.48. The Bertz CT molecular complexity index is 390. The number of hydrogen-bond acceptors (Lipinski definition) is 2. The molecule has 0 fully saturated rings. The molecule has 0 radical (unpaired) electrons. The van der Waals surface area contributed by atoms with Crippen LogP contribution in [0.25, 0.3) is 0 Å². The van der Waals surface area contributed by atoms with Gasteiger partial charge in [0.25, 0.3) is 0 Å². The van der Waals surface area contributed by atoms with Gasteiger partial charge in [-0.05, 0) is 24.5 Å². The largest absolute Gasteiger partial charge is 0.493 e. The molecule has 0 saturated heterocycles. The van der Waals surface area contributed by atoms with E-state index in [0.29, 0.717) is 6.54 Å². The third kappa shape index (κ3) is 2.45. The fourth-order valence-corrected chi connectivity index (χ4v) is 2.00. The fraction of sp³-hybridized carbons (Fsp3) is 0.417. The summed E-state index contributed by atoms with van der Waals surface area (Å²) in [5, 5.41) is 10.8. The quantitative estimate of drug-likeness (QED) is 0.762. The van der Waals surface area contributed by atoms with Gasteiger partial charge >= 0.3 is 6.09 Å². The van der Waals surface area contributed by atoms with Gasteiger partial charge in [0.05, 0.1) is 6.61 Å². The highest BCUT2D eigenvalue weighted by molar-refractivity contribution is 5.64. The van der Waals surface area contributed by atoms with Gasteiger partial charge in [0, 0.05) is 18.5 Å². The van der Waals surface area contributed by atoms with E-state index >= 15 is 0 Å². The van der Waals surface area contributed by atoms with E-state index in [1.165, 1.54) is 11.1 Å². The van der Waals surface area contributed by atoms with Crippen molar-refractivity contribution in [1.82, 2.24) is 5.32 Å². The van der Waals surface area contributed by atoms with Gasteiger partial charge in [-0.3, -0.25) is 0 Å². The molecule has 0 bridgehead atoms. The Balaban J connectivity index is 1.90. The molecule has 2 rings (SSSR count). The first-order chi connectivity index (χ1) is 7.77. The highest BCUT2D eigenvalue weighted by atomic mass is 16.5. The zero-order valence-electron chi connectivity index (χ0n) is 9.03. The highest BCUT2D eigenvalue weighted by Gasteiger charge is 2.14. The zero-order valence-corrected chi connectivity index (χ0v) is 9.03. The second kappa shape index (κ2) is 4.88. The second-order valence-corrected chi connectivity index (χ2v) is 3.83. The van der Waals surface area contributed by atoms with Crippen LogP contribution in [-0.2, 0) is 12.8 Å². The van der Waals surface area contributed by atoms with Crippen LogP contribution < -0.4 is 10.1 Å². The minimum Gasteiger partial charge on any atom is -0.493 e. The lowest BCUT2D eigenvalue weighted by atomic mass is 10.0. The maximum atomic E-state index is 10.3. The number of carbonyl (C=O) groups is 1. The van der Waals surface area contributed by atoms with Gasteiger partial charge < -0.3 is 15.2 Å². The van der Waals surface area contributed by atoms with Crippen molar-refractivity contribution in [3.05, 3.63) is 29.3 Å². The van der Waals surface area contributed by atoms with Crippen LogP contribution >= 0.6 is 0 Å². The van der Waals surface area contributed by atoms with E-state index in [9.17, 15) is 4.79 Å². The normalized spacial score (nSPS) is 13.0. The molecule has 1 heterocycles. The van der Waals surface area contributed by atoms with Gasteiger partial charge in [0.2, 0.25) is 0 Å². The van der Waals surface area contributed by atoms with Crippen LogP contribution in [0.4, 0.5) is 4.79 Å². The van der Waals surface area contributed by atoms with Crippen molar-refractivity contribution in [2.75, 3.05) is 13.2 Å². The van der Waals surface area contributed by atoms with Gasteiger partial charge in [-0.2, -0.15) is 0 Å². The Kier molecular flexibility index (Phi) is 3.29. The van der Waals surface area contributed by atoms with Crippen molar-refractivity contribution < 1.29 is 14.6 Å². The average Bonchev–Trinajstić information content (AvgIpc) is 2.72. The molecule has 1 aromatic carbocycles. The minimum absolute atomic E-state index is 0.500. The summed E-state index contributed by atoms with van der Waals surface area (Å²) in [6.07, 6.45) is 1.73. The van der Waals surface area contributed by atoms with Crippen LogP contribution in [0.2, 0.25) is 0 Å². The number of amides is 1. The Morgan fingerprint density at radius 2 is 2.38 bits per heavy atom. The second-order valence-electron chi connectivity index (χ2n) is 3.83. The van der Waals surface area contributed by atoms with Crippen LogP contribution in [0.5, 0.6) is 5.75 Å². The predicted molar refractivity (Wildman–Crippen MR) is 60.0 cm³/mol. The molecule has 1 amide bonds. The number of ether oxygens (including phenoxy) is 1. The predicted octanol–water partition coefficient (Wildman–Crippen LogP) is 1.82. The van der Waals surface area contributed by atoms with Crippen molar-refractivity contribution in [2.45, 2.75) is 19.3 Å². The Morgan fingerprint density at radius 3 is 3.19 bits per heavy atom. The monoisotopic (exact) mass is 221 g/mol. The third-order valence-electron chi connectivity index (χ3n) is 2.74. The lowest BCUT2D eigenvalue weighted by molar-refractivity contribution is 0.194. The van der Waals surface area contributed by atoms with E-state index in [1.807, 2.05) is 12.1 Å². The van der Waals surface area contributed by atoms with Crippen molar-refractivity contribution in [3.8, 4) is 5.75 Å². The fourth-order valence-electron chi connectivity index (χ4n) is 2.00. The Hall–Kier alpha value is -1.71. The number of rotatable bonds is 4. The lowest BCUT2D eigenvalue weighted by Crippen LogP contribution is -2.22. The summed E-state index contributed by atoms with van der Waals surface area (Å²) in [5.41, 5.74) is 2.57. The maximum absolute atomic E-state index is 10.3. The first kappa shape index (κ1) is 10.8. The summed E-state index contributed by atoms with van der Waals surface area (Å²) in [5.74, 6) is 0.990. The molecular weight excluding hydrogens is 206 g/mol. The van der Waals surface area contributed by atoms with Gasteiger partial charge in [0.1, 0.15) is 5.75 Å². The van der Waals surface area contributed by atoms with Crippen LogP contribution in [0, 0.1) is 0 Å². The van der Waals surface area contributed by atoms with Crippen LogP contribution in [-0.4, -0.2) is 24.4 Å². The summed E-state index contributed by atoms with van der Waals surface area (Å²) in [4.78, 5) is 10.3. The van der Waals surface area contributed by atoms with Crippen molar-refractivity contribution in [1.29, 1.82) is 0 Å². The molecule has 4 heteroatoms. The van der Waals surface area contributed by atoms with Gasteiger partial charge in [-0.25, -0.2) is 4.79 Å². The number of hydrogen-bond donors (Lipinski definition) is 2. The van der Waals surface area contributed by atoms with Gasteiger partial charge in [0.15, 0.2) is 0 Å². The Morgan fingerprint density at radius 1 is 1.50 bits per heavy atom. The van der Waals surface area contributed by atoms with E-state index in [1.54, 1.807) is 0 Å². The van der Waals surface area contributed by atoms with Crippen LogP contribution in [0.1, 0.15) is 17.5 Å². The summed E-state index contributed by atoms with van der Waals surface area (Å²) >= 11 is 0. The molecule has 1 aliphatic rings. The molecule has 0 aliphatic carbocycles. The maximum Gasteiger partial charge on any atom is 0.404 e. The highest BCUT2D eigenvalue weighted by Crippen LogP contribution is 2.28. The average molecular weight is 221 g/mol. The number of aryl methyl sites for hydroxylation is 1. The number of fused-ring (bicyclic) bond motifs is 1. The van der Waals surface area contributed by atoms with Crippen LogP contribution in [0.3, 0.4) is 0 Å². The molecule has 0 atom stereocenters. The molecule has 0 saturated carbocycles. The van der Waals surface area contributed by atoms with Crippen molar-refractivity contribution in [3.63, 3.8) is 0 Å². The third-order valence-corrected chi connectivity index (χ3v) is 2.74. The molecule has 2 N–H and O–H groups in total. The van der Waals surface area contributed by atoms with Crippen molar-refractivity contribution >= 4 is 6.09 Å². The molecule has 1 aromatic rings. The lowest BCUT2D eigenvalue weighted by Gasteiger charge is -2.06. The standard InChI is InChI=1S/C12H15NO3/c14-12(15)13-7-2-4-9-3-1-5-11-10(9)6-8-16-11/h1,3,5,13H,2,4,6-8H2,(H,14,15). The Labute approximate surface area is 94.2 Å². The van der Waals surface area contributed by atoms with E-state index in [-0.39, 0.29) is 0 Å². The molecule has 0 spiro atoms.